The number of rotatable bonds is 11. The van der Waals surface area contributed by atoms with Crippen LogP contribution < -0.4 is 21.9 Å². The summed E-state index contributed by atoms with van der Waals surface area (Å²) >= 11 is 0. The molecule has 2 heterocycles. The molecular weight excluding hydrogens is 470 g/mol. The van der Waals surface area contributed by atoms with Gasteiger partial charge in [-0.1, -0.05) is 13.8 Å². The molecule has 0 radical (unpaired) electrons. The molecule has 190 valence electrons. The molecule has 0 spiro atoms. The summed E-state index contributed by atoms with van der Waals surface area (Å²) < 4.78 is 5.04. The molecule has 2 aromatic heterocycles. The number of hydrogen-bond donors (Lipinski definition) is 5. The van der Waals surface area contributed by atoms with Crippen LogP contribution >= 0.6 is 0 Å². The van der Waals surface area contributed by atoms with Crippen LogP contribution in [0, 0.1) is 5.92 Å². The van der Waals surface area contributed by atoms with Crippen LogP contribution in [-0.2, 0) is 20.9 Å². The van der Waals surface area contributed by atoms with Crippen LogP contribution in [0.3, 0.4) is 0 Å². The molecule has 0 saturated heterocycles. The Hall–Kier alpha value is -4.55. The van der Waals surface area contributed by atoms with Crippen LogP contribution in [0.25, 0.3) is 11.2 Å². The number of carboxylic acids is 1. The van der Waals surface area contributed by atoms with Gasteiger partial charge in [0.15, 0.2) is 11.2 Å². The van der Waals surface area contributed by atoms with Crippen molar-refractivity contribution in [2.75, 3.05) is 17.7 Å². The largest absolute Gasteiger partial charge is 0.480 e. The fourth-order valence-electron chi connectivity index (χ4n) is 3.09. The summed E-state index contributed by atoms with van der Waals surface area (Å²) in [5.74, 6) is -2.22. The number of hydrogen-bond acceptors (Lipinski definition) is 10. The molecule has 0 bridgehead atoms. The van der Waals surface area contributed by atoms with E-state index < -0.39 is 29.4 Å². The smallest absolute Gasteiger partial charge is 0.326 e. The predicted molar refractivity (Wildman–Crippen MR) is 130 cm³/mol. The minimum Gasteiger partial charge on any atom is -0.480 e. The maximum atomic E-state index is 12.5. The lowest BCUT2D eigenvalue weighted by atomic mass is 10.1. The van der Waals surface area contributed by atoms with Gasteiger partial charge >= 0.3 is 17.5 Å². The maximum absolute atomic E-state index is 12.5. The molecule has 1 amide bonds. The number of aromatic amines is 1. The third-order valence-electron chi connectivity index (χ3n) is 4.93. The fourth-order valence-corrected chi connectivity index (χ4v) is 3.09. The molecule has 1 aromatic carbocycles. The number of carboxylic acid groups (broad SMARTS) is 1. The number of aliphatic carboxylic acids is 1. The molecule has 6 N–H and O–H groups in total. The fraction of sp³-hybridized carbons (Fsp3) is 0.348. The van der Waals surface area contributed by atoms with E-state index in [4.69, 9.17) is 10.5 Å². The van der Waals surface area contributed by atoms with Crippen molar-refractivity contribution in [3.8, 4) is 0 Å². The quantitative estimate of drug-likeness (QED) is 0.237. The van der Waals surface area contributed by atoms with Crippen molar-refractivity contribution in [2.24, 2.45) is 5.92 Å². The van der Waals surface area contributed by atoms with Crippen molar-refractivity contribution in [2.45, 2.75) is 39.3 Å². The summed E-state index contributed by atoms with van der Waals surface area (Å²) in [4.78, 5) is 62.4. The Balaban J connectivity index is 1.55. The molecule has 3 aromatic rings. The number of fused-ring (bicyclic) bond motifs is 1. The van der Waals surface area contributed by atoms with Gasteiger partial charge < -0.3 is 31.2 Å². The summed E-state index contributed by atoms with van der Waals surface area (Å²) in [5, 5.41) is 14.9. The van der Waals surface area contributed by atoms with E-state index in [1.165, 1.54) is 18.3 Å². The lowest BCUT2D eigenvalue weighted by molar-refractivity contribution is -0.145. The van der Waals surface area contributed by atoms with Crippen molar-refractivity contribution < 1.29 is 24.2 Å². The number of carbonyl (C=O) groups excluding carboxylic acids is 2. The molecule has 0 aliphatic heterocycles. The van der Waals surface area contributed by atoms with Crippen molar-refractivity contribution in [1.29, 1.82) is 0 Å². The van der Waals surface area contributed by atoms with Gasteiger partial charge in [-0.05, 0) is 36.6 Å². The monoisotopic (exact) mass is 497 g/mol. The molecule has 0 aliphatic carbocycles. The topological polar surface area (TPSA) is 202 Å². The highest BCUT2D eigenvalue weighted by Gasteiger charge is 2.22. The molecule has 0 aliphatic rings. The second-order valence-corrected chi connectivity index (χ2v) is 8.40. The van der Waals surface area contributed by atoms with Gasteiger partial charge in [0.2, 0.25) is 5.95 Å². The second kappa shape index (κ2) is 11.7. The normalized spacial score (nSPS) is 11.8. The first-order valence-electron chi connectivity index (χ1n) is 11.2. The van der Waals surface area contributed by atoms with E-state index in [-0.39, 0.29) is 54.6 Å². The maximum Gasteiger partial charge on any atom is 0.326 e. The Morgan fingerprint density at radius 2 is 1.89 bits per heavy atom. The van der Waals surface area contributed by atoms with Crippen LogP contribution in [0.5, 0.6) is 0 Å². The van der Waals surface area contributed by atoms with Gasteiger partial charge in [-0.3, -0.25) is 14.4 Å². The molecule has 36 heavy (non-hydrogen) atoms. The lowest BCUT2D eigenvalue weighted by Gasteiger charge is -2.15. The van der Waals surface area contributed by atoms with Gasteiger partial charge in [0.1, 0.15) is 6.04 Å². The van der Waals surface area contributed by atoms with Crippen LogP contribution in [0.15, 0.2) is 35.3 Å². The highest BCUT2D eigenvalue weighted by molar-refractivity contribution is 5.97. The number of nitrogens with zero attached hydrogens (tertiary/aromatic N) is 3. The van der Waals surface area contributed by atoms with Crippen LogP contribution in [0.2, 0.25) is 0 Å². The number of anilines is 2. The van der Waals surface area contributed by atoms with Gasteiger partial charge in [0.05, 0.1) is 25.0 Å². The van der Waals surface area contributed by atoms with Gasteiger partial charge in [-0.15, -0.1) is 0 Å². The lowest BCUT2D eigenvalue weighted by Crippen LogP contribution is -2.41. The van der Waals surface area contributed by atoms with Crippen molar-refractivity contribution in [3.63, 3.8) is 0 Å². The summed E-state index contributed by atoms with van der Waals surface area (Å²) in [6.45, 7) is 4.28. The van der Waals surface area contributed by atoms with E-state index in [0.717, 1.165) is 0 Å². The molecule has 1 atom stereocenters. The number of H-pyrrole nitrogens is 1. The number of esters is 1. The van der Waals surface area contributed by atoms with Gasteiger partial charge in [-0.25, -0.2) is 14.8 Å². The summed E-state index contributed by atoms with van der Waals surface area (Å²) in [7, 11) is 0. The third kappa shape index (κ3) is 7.22. The highest BCUT2D eigenvalue weighted by Crippen LogP contribution is 2.12. The second-order valence-electron chi connectivity index (χ2n) is 8.40. The Morgan fingerprint density at radius 3 is 2.56 bits per heavy atom. The van der Waals surface area contributed by atoms with E-state index in [0.29, 0.717) is 11.4 Å². The number of nitrogens with one attached hydrogen (secondary N) is 3. The SMILES string of the molecule is CC(C)COC(=O)CC[C@H](NC(=O)c1ccc(NCc2cnc3[nH]c(N)nc(=O)c3n2)cc1)C(=O)O. The molecule has 13 nitrogen and oxygen atoms in total. The van der Waals surface area contributed by atoms with Crippen LogP contribution in [0.1, 0.15) is 42.7 Å². The number of amides is 1. The molecule has 0 fully saturated rings. The van der Waals surface area contributed by atoms with Gasteiger partial charge in [-0.2, -0.15) is 4.98 Å². The Bertz CT molecular complexity index is 1310. The zero-order chi connectivity index (χ0) is 26.2. The number of ether oxygens (including phenoxy) is 1. The molecule has 3 rings (SSSR count). The zero-order valence-corrected chi connectivity index (χ0v) is 19.8. The predicted octanol–water partition coefficient (Wildman–Crippen LogP) is 1.07. The Kier molecular flexibility index (Phi) is 8.49. The number of nitrogens with two attached hydrogens (primary N) is 1. The van der Waals surface area contributed by atoms with Crippen molar-refractivity contribution >= 4 is 40.6 Å². The Labute approximate surface area is 205 Å². The number of benzene rings is 1. The van der Waals surface area contributed by atoms with Gasteiger partial charge in [0, 0.05) is 17.7 Å². The third-order valence-corrected chi connectivity index (χ3v) is 4.93. The summed E-state index contributed by atoms with van der Waals surface area (Å²) in [6, 6.07) is 5.09. The van der Waals surface area contributed by atoms with Crippen molar-refractivity contribution in [1.82, 2.24) is 25.3 Å². The first kappa shape index (κ1) is 26.1. The number of carbonyl (C=O) groups is 3. The minimum absolute atomic E-state index is 0.0457. The number of aromatic nitrogens is 4. The van der Waals surface area contributed by atoms with Crippen LogP contribution in [0.4, 0.5) is 11.6 Å². The average Bonchev–Trinajstić information content (AvgIpc) is 2.84. The van der Waals surface area contributed by atoms with Gasteiger partial charge in [0.25, 0.3) is 5.91 Å². The van der Waals surface area contributed by atoms with E-state index in [2.05, 4.69) is 30.6 Å². The minimum atomic E-state index is -1.24. The summed E-state index contributed by atoms with van der Waals surface area (Å²) in [5.41, 5.74) is 6.59. The van der Waals surface area contributed by atoms with E-state index in [9.17, 15) is 24.3 Å². The zero-order valence-electron chi connectivity index (χ0n) is 19.8. The Morgan fingerprint density at radius 1 is 1.17 bits per heavy atom. The average molecular weight is 498 g/mol. The van der Waals surface area contributed by atoms with Crippen molar-refractivity contribution in [3.05, 3.63) is 52.1 Å². The molecule has 13 heteroatoms. The van der Waals surface area contributed by atoms with Crippen LogP contribution in [-0.4, -0.2) is 55.5 Å². The first-order chi connectivity index (χ1) is 17.1. The summed E-state index contributed by atoms with van der Waals surface area (Å²) in [6.07, 6.45) is 1.27. The molecule has 0 unspecified atom stereocenters. The van der Waals surface area contributed by atoms with E-state index >= 15 is 0 Å². The standard InChI is InChI=1S/C23H27N7O6/c1-12(2)11-36-17(31)8-7-16(22(34)35)28-20(32)13-3-5-14(6-4-13)25-9-15-10-26-19-18(27-15)21(33)30-23(24)29-19/h3-6,10,12,16,25H,7-9,11H2,1-2H3,(H,28,32)(H,34,35)(H3,24,26,29,30,33)/t16-/m0/s1. The molecular formula is C23H27N7O6. The highest BCUT2D eigenvalue weighted by atomic mass is 16.5. The van der Waals surface area contributed by atoms with E-state index in [1.807, 2.05) is 13.8 Å². The number of nitrogen functional groups attached to an aromatic ring is 1. The molecule has 0 saturated carbocycles. The van der Waals surface area contributed by atoms with E-state index in [1.54, 1.807) is 12.1 Å². The first-order valence-corrected chi connectivity index (χ1v) is 11.2.